The van der Waals surface area contributed by atoms with Crippen LogP contribution in [0.25, 0.3) is 0 Å². The molecule has 0 unspecified atom stereocenters. The van der Waals surface area contributed by atoms with E-state index in [2.05, 4.69) is 10.3 Å². The fourth-order valence-corrected chi connectivity index (χ4v) is 2.72. The van der Waals surface area contributed by atoms with Gasteiger partial charge in [0.2, 0.25) is 0 Å². The molecule has 3 N–H and O–H groups in total. The molecule has 3 heterocycles. The minimum Gasteiger partial charge on any atom is -0.478 e. The van der Waals surface area contributed by atoms with Gasteiger partial charge in [-0.05, 0) is 31.5 Å². The fourth-order valence-electron chi connectivity index (χ4n) is 2.48. The summed E-state index contributed by atoms with van der Waals surface area (Å²) in [7, 11) is 0. The Kier molecular flexibility index (Phi) is 6.97. The van der Waals surface area contributed by atoms with Crippen molar-refractivity contribution in [3.05, 3.63) is 46.7 Å². The maximum Gasteiger partial charge on any atom is 0.331 e. The normalized spacial score (nSPS) is 16.9. The van der Waals surface area contributed by atoms with Gasteiger partial charge in [-0.1, -0.05) is 23.8 Å². The smallest absolute Gasteiger partial charge is 0.331 e. The maximum absolute atomic E-state index is 10.7. The molecule has 2 aliphatic rings. The van der Waals surface area contributed by atoms with E-state index >= 15 is 0 Å². The molecule has 0 spiro atoms. The zero-order valence-corrected chi connectivity index (χ0v) is 14.4. The van der Waals surface area contributed by atoms with Crippen LogP contribution in [0.5, 0.6) is 0 Å². The second-order valence-corrected chi connectivity index (χ2v) is 5.94. The van der Waals surface area contributed by atoms with Crippen molar-refractivity contribution in [2.45, 2.75) is 12.8 Å². The van der Waals surface area contributed by atoms with E-state index in [1.54, 1.807) is 30.5 Å². The molecular weight excluding hydrogens is 346 g/mol. The van der Waals surface area contributed by atoms with Crippen molar-refractivity contribution in [3.63, 3.8) is 0 Å². The van der Waals surface area contributed by atoms with Crippen molar-refractivity contribution in [3.8, 4) is 0 Å². The van der Waals surface area contributed by atoms with Gasteiger partial charge >= 0.3 is 11.9 Å². The third kappa shape index (κ3) is 5.58. The molecule has 0 amide bonds. The summed E-state index contributed by atoms with van der Waals surface area (Å²) in [5.74, 6) is -0.909. The molecule has 134 valence electrons. The predicted molar refractivity (Wildman–Crippen MR) is 95.0 cm³/mol. The number of carboxylic acid groups (broad SMARTS) is 2. The first kappa shape index (κ1) is 19.0. The van der Waals surface area contributed by atoms with Gasteiger partial charge < -0.3 is 20.4 Å². The second-order valence-electron chi connectivity index (χ2n) is 5.53. The van der Waals surface area contributed by atoms with Crippen LogP contribution in [0, 0.1) is 0 Å². The first-order valence-electron chi connectivity index (χ1n) is 7.90. The third-order valence-electron chi connectivity index (χ3n) is 3.86. The van der Waals surface area contributed by atoms with Gasteiger partial charge in [-0.25, -0.2) is 14.6 Å². The van der Waals surface area contributed by atoms with Crippen LogP contribution in [-0.4, -0.2) is 53.3 Å². The Morgan fingerprint density at radius 1 is 1.16 bits per heavy atom. The van der Waals surface area contributed by atoms with Crippen LogP contribution in [0.2, 0.25) is 5.02 Å². The number of aliphatic carboxylic acids is 2. The van der Waals surface area contributed by atoms with Crippen molar-refractivity contribution in [2.75, 3.05) is 31.1 Å². The van der Waals surface area contributed by atoms with E-state index in [0.29, 0.717) is 54.5 Å². The van der Waals surface area contributed by atoms with Crippen molar-refractivity contribution >= 4 is 29.4 Å². The molecule has 0 atom stereocenters. The molecule has 0 aromatic carbocycles. The zero-order chi connectivity index (χ0) is 18.2. The number of rotatable bonds is 3. The van der Waals surface area contributed by atoms with E-state index in [-0.39, 0.29) is 0 Å². The number of carboxylic acids is 2. The number of carbonyl (C=O) groups is 2. The van der Waals surface area contributed by atoms with Gasteiger partial charge in [0.25, 0.3) is 0 Å². The summed E-state index contributed by atoms with van der Waals surface area (Å²) in [6.07, 6.45) is 6.26. The molecule has 0 saturated heterocycles. The van der Waals surface area contributed by atoms with E-state index in [1.165, 1.54) is 0 Å². The number of aromatic nitrogens is 1. The van der Waals surface area contributed by atoms with Crippen molar-refractivity contribution in [2.24, 2.45) is 0 Å². The van der Waals surface area contributed by atoms with Crippen LogP contribution in [0.15, 0.2) is 41.6 Å². The number of nitrogens with one attached hydrogen (secondary N) is 1. The summed E-state index contributed by atoms with van der Waals surface area (Å²) >= 11 is 6.02. The Morgan fingerprint density at radius 3 is 2.36 bits per heavy atom. The topological polar surface area (TPSA) is 103 Å². The number of anilines is 1. The zero-order valence-electron chi connectivity index (χ0n) is 13.6. The summed E-state index contributed by atoms with van der Waals surface area (Å²) < 4.78 is 0. The Hall–Kier alpha value is -2.38. The van der Waals surface area contributed by atoms with Gasteiger partial charge in [0.1, 0.15) is 5.82 Å². The molecule has 0 aliphatic carbocycles. The lowest BCUT2D eigenvalue weighted by Crippen LogP contribution is -2.30. The Balaban J connectivity index is 0.000000212. The SMILES string of the molecule is O=C(O)C1=CCN(c2ncccc2Cl)CC1.O=C(O)C1=CCNCC1. The fraction of sp³-hybridized carbons (Fsp3) is 0.353. The van der Waals surface area contributed by atoms with E-state index in [1.807, 2.05) is 4.90 Å². The highest BCUT2D eigenvalue weighted by atomic mass is 35.5. The molecule has 0 saturated carbocycles. The van der Waals surface area contributed by atoms with Crippen molar-refractivity contribution in [1.82, 2.24) is 10.3 Å². The average Bonchev–Trinajstić information content (AvgIpc) is 2.63. The van der Waals surface area contributed by atoms with E-state index in [9.17, 15) is 9.59 Å². The molecule has 0 fully saturated rings. The number of hydrogen-bond donors (Lipinski definition) is 3. The lowest BCUT2D eigenvalue weighted by molar-refractivity contribution is -0.133. The highest BCUT2D eigenvalue weighted by molar-refractivity contribution is 6.32. The monoisotopic (exact) mass is 365 g/mol. The van der Waals surface area contributed by atoms with Gasteiger partial charge in [-0.3, -0.25) is 0 Å². The molecule has 0 bridgehead atoms. The summed E-state index contributed by atoms with van der Waals surface area (Å²) in [6.45, 7) is 2.66. The molecule has 1 aromatic rings. The maximum atomic E-state index is 10.7. The van der Waals surface area contributed by atoms with Crippen LogP contribution < -0.4 is 10.2 Å². The molecule has 7 nitrogen and oxygen atoms in total. The first-order valence-corrected chi connectivity index (χ1v) is 8.27. The number of halogens is 1. The lowest BCUT2D eigenvalue weighted by Gasteiger charge is -2.26. The summed E-state index contributed by atoms with van der Waals surface area (Å²) in [4.78, 5) is 27.2. The molecule has 2 aliphatic heterocycles. The Morgan fingerprint density at radius 2 is 1.88 bits per heavy atom. The number of nitrogens with zero attached hydrogens (tertiary/aromatic N) is 2. The van der Waals surface area contributed by atoms with Gasteiger partial charge in [0.15, 0.2) is 0 Å². The highest BCUT2D eigenvalue weighted by Crippen LogP contribution is 2.24. The van der Waals surface area contributed by atoms with Gasteiger partial charge in [-0.2, -0.15) is 0 Å². The molecule has 1 aromatic heterocycles. The second kappa shape index (κ2) is 9.19. The highest BCUT2D eigenvalue weighted by Gasteiger charge is 2.18. The molecule has 0 radical (unpaired) electrons. The average molecular weight is 366 g/mol. The molecule has 3 rings (SSSR count). The number of pyridine rings is 1. The van der Waals surface area contributed by atoms with Crippen molar-refractivity contribution < 1.29 is 19.8 Å². The van der Waals surface area contributed by atoms with Crippen LogP contribution in [0.1, 0.15) is 12.8 Å². The third-order valence-corrected chi connectivity index (χ3v) is 4.16. The minimum absolute atomic E-state index is 0.461. The van der Waals surface area contributed by atoms with Crippen LogP contribution >= 0.6 is 11.6 Å². The standard InChI is InChI=1S/C11H11ClN2O2.C6H9NO2/c12-9-2-1-5-13-10(9)14-6-3-8(4-7-14)11(15)16;8-6(9)5-1-3-7-4-2-5/h1-3,5H,4,6-7H2,(H,15,16);1,7H,2-4H2,(H,8,9). The molecule has 8 heteroatoms. The van der Waals surface area contributed by atoms with Crippen LogP contribution in [-0.2, 0) is 9.59 Å². The molecular formula is C17H20ClN3O4. The van der Waals surface area contributed by atoms with Crippen molar-refractivity contribution in [1.29, 1.82) is 0 Å². The summed E-state index contributed by atoms with van der Waals surface area (Å²) in [6, 6.07) is 3.55. The van der Waals surface area contributed by atoms with Gasteiger partial charge in [0, 0.05) is 37.0 Å². The summed E-state index contributed by atoms with van der Waals surface area (Å²) in [5.41, 5.74) is 0.997. The van der Waals surface area contributed by atoms with Crippen LogP contribution in [0.3, 0.4) is 0 Å². The lowest BCUT2D eigenvalue weighted by atomic mass is 10.1. The minimum atomic E-state index is -0.841. The summed E-state index contributed by atoms with van der Waals surface area (Å²) in [5, 5.41) is 20.9. The first-order chi connectivity index (χ1) is 12.0. The van der Waals surface area contributed by atoms with Crippen LogP contribution in [0.4, 0.5) is 5.82 Å². The van der Waals surface area contributed by atoms with E-state index < -0.39 is 11.9 Å². The van der Waals surface area contributed by atoms with E-state index in [0.717, 1.165) is 6.54 Å². The van der Waals surface area contributed by atoms with Gasteiger partial charge in [0.05, 0.1) is 5.02 Å². The largest absolute Gasteiger partial charge is 0.478 e. The van der Waals surface area contributed by atoms with E-state index in [4.69, 9.17) is 21.8 Å². The Labute approximate surface area is 150 Å². The number of hydrogen-bond acceptors (Lipinski definition) is 5. The predicted octanol–water partition coefficient (Wildman–Crippen LogP) is 1.95. The quantitative estimate of drug-likeness (QED) is 0.752. The van der Waals surface area contributed by atoms with Gasteiger partial charge in [-0.15, -0.1) is 0 Å². The molecule has 25 heavy (non-hydrogen) atoms. The Bertz CT molecular complexity index is 703.